The molecule has 4 aliphatic rings. The topological polar surface area (TPSA) is 176 Å². The molecule has 6 aromatic rings. The molecule has 0 radical (unpaired) electrons. The summed E-state index contributed by atoms with van der Waals surface area (Å²) in [5, 5.41) is 6.46. The number of ketones is 2. The largest absolute Gasteiger partial charge is 0.359 e. The molecule has 1 spiro atoms. The first-order valence-corrected chi connectivity index (χ1v) is 28.4. The van der Waals surface area contributed by atoms with Crippen molar-refractivity contribution < 1.29 is 39.6 Å². The third-order valence-corrected chi connectivity index (χ3v) is 17.5. The van der Waals surface area contributed by atoms with Gasteiger partial charge in [-0.15, -0.1) is 12.4 Å². The van der Waals surface area contributed by atoms with Crippen LogP contribution < -0.4 is 10.6 Å². The molecule has 18 heteroatoms. The first-order valence-electron chi connectivity index (χ1n) is 23.2. The molecule has 376 valence electrons. The van der Waals surface area contributed by atoms with Gasteiger partial charge in [-0.05, 0) is 69.8 Å². The lowest BCUT2D eigenvalue weighted by Gasteiger charge is -2.37. The van der Waals surface area contributed by atoms with Gasteiger partial charge in [-0.2, -0.15) is 8.61 Å². The Bertz CT molecular complexity index is 2980. The molecule has 10 rings (SSSR count). The predicted molar refractivity (Wildman–Crippen MR) is 281 cm³/mol. The van der Waals surface area contributed by atoms with E-state index in [1.807, 2.05) is 115 Å². The molecule has 0 amide bonds. The highest BCUT2D eigenvalue weighted by atomic mass is 35.7. The number of benzene rings is 6. The normalized spacial score (nSPS) is 17.3. The standard InChI is InChI=1S/C19H22N2O3S.C17H17NO3S.C12H9ClO2S.C5H9NO.ClH/c22-25(23,21-13-10-19(11-14-21)20-12-15-24-19)18-8-6-17(7-9-18)16-4-2-1-3-5-16;19-16-10-12-18(13-11-16)22(20,21)17-8-6-15(7-9-17)14-4-2-1-3-5-14;13-16(14,15)12-8-6-11(7-9-12)10-4-2-1-3-5-10;7-5-1-3-6-4-2-5;/h1-9,20H,10-15H2;1-9H,10-13H2;1-9H;6H,1-4H2;1H. The van der Waals surface area contributed by atoms with E-state index >= 15 is 0 Å². The SMILES string of the molecule is Cl.O=C1CCN(S(=O)(=O)c2ccc(-c3ccccc3)cc2)CC1.O=C1CCNCC1.O=S(=O)(Cl)c1ccc(-c2ccccc2)cc1.O=S(=O)(c1ccc(-c2ccccc2)cc1)N1CCC2(CC1)NCCO2. The van der Waals surface area contributed by atoms with Gasteiger partial charge in [-0.1, -0.05) is 127 Å². The molecule has 0 saturated carbocycles. The molecule has 0 aromatic heterocycles. The molecule has 0 bridgehead atoms. The van der Waals surface area contributed by atoms with Crippen molar-refractivity contribution in [2.24, 2.45) is 0 Å². The third kappa shape index (κ3) is 15.2. The van der Waals surface area contributed by atoms with Crippen LogP contribution in [0.3, 0.4) is 0 Å². The number of ether oxygens (including phenoxy) is 1. The second-order valence-electron chi connectivity index (χ2n) is 17.0. The van der Waals surface area contributed by atoms with E-state index in [2.05, 4.69) is 10.6 Å². The first-order chi connectivity index (χ1) is 33.6. The number of carbonyl (C=O) groups is 2. The molecule has 71 heavy (non-hydrogen) atoms. The van der Waals surface area contributed by atoms with Gasteiger partial charge in [0.25, 0.3) is 9.05 Å². The summed E-state index contributed by atoms with van der Waals surface area (Å²) >= 11 is 0. The molecule has 6 aromatic carbocycles. The van der Waals surface area contributed by atoms with Crippen molar-refractivity contribution in [3.63, 3.8) is 0 Å². The third-order valence-electron chi connectivity index (χ3n) is 12.3. The summed E-state index contributed by atoms with van der Waals surface area (Å²) in [6.45, 7) is 4.84. The number of halogens is 2. The highest BCUT2D eigenvalue weighted by Crippen LogP contribution is 2.31. The molecule has 4 fully saturated rings. The van der Waals surface area contributed by atoms with Crippen molar-refractivity contribution in [1.29, 1.82) is 0 Å². The summed E-state index contributed by atoms with van der Waals surface area (Å²) in [6.07, 6.45) is 3.46. The first kappa shape index (κ1) is 55.2. The lowest BCUT2D eigenvalue weighted by Crippen LogP contribution is -2.52. The number of nitrogens with zero attached hydrogens (tertiary/aromatic N) is 2. The van der Waals surface area contributed by atoms with Crippen molar-refractivity contribution >= 4 is 63.8 Å². The van der Waals surface area contributed by atoms with Crippen LogP contribution in [0.1, 0.15) is 38.5 Å². The number of rotatable bonds is 8. The maximum atomic E-state index is 12.9. The Morgan fingerprint density at radius 3 is 1.10 bits per heavy atom. The maximum absolute atomic E-state index is 12.9. The molecule has 2 N–H and O–H groups in total. The number of hydrogen-bond donors (Lipinski definition) is 2. The van der Waals surface area contributed by atoms with Crippen LogP contribution in [0, 0.1) is 0 Å². The summed E-state index contributed by atoms with van der Waals surface area (Å²) in [4.78, 5) is 22.4. The Morgan fingerprint density at radius 1 is 0.437 bits per heavy atom. The van der Waals surface area contributed by atoms with Crippen molar-refractivity contribution in [3.8, 4) is 33.4 Å². The van der Waals surface area contributed by atoms with E-state index in [0.29, 0.717) is 56.1 Å². The van der Waals surface area contributed by atoms with Gasteiger partial charge in [0.2, 0.25) is 20.0 Å². The van der Waals surface area contributed by atoms with Crippen LogP contribution in [-0.2, 0) is 43.4 Å². The van der Waals surface area contributed by atoms with E-state index < -0.39 is 29.1 Å². The second-order valence-corrected chi connectivity index (χ2v) is 23.5. The van der Waals surface area contributed by atoms with Gasteiger partial charge in [0.05, 0.1) is 21.3 Å². The van der Waals surface area contributed by atoms with Gasteiger partial charge in [0, 0.05) is 95.0 Å². The smallest absolute Gasteiger partial charge is 0.261 e. The number of carbonyl (C=O) groups excluding carboxylic acids is 2. The van der Waals surface area contributed by atoms with Crippen LogP contribution in [0.4, 0.5) is 0 Å². The molecule has 13 nitrogen and oxygen atoms in total. The van der Waals surface area contributed by atoms with Gasteiger partial charge in [0.1, 0.15) is 17.3 Å². The fraction of sp³-hybridized carbons (Fsp3) is 0.283. The van der Waals surface area contributed by atoms with Crippen LogP contribution in [0.15, 0.2) is 178 Å². The van der Waals surface area contributed by atoms with E-state index in [0.717, 1.165) is 65.9 Å². The lowest BCUT2D eigenvalue weighted by molar-refractivity contribution is -0.121. The van der Waals surface area contributed by atoms with E-state index in [9.17, 15) is 34.8 Å². The molecule has 0 atom stereocenters. The number of piperidine rings is 3. The predicted octanol–water partition coefficient (Wildman–Crippen LogP) is 8.80. The zero-order chi connectivity index (χ0) is 49.6. The maximum Gasteiger partial charge on any atom is 0.261 e. The van der Waals surface area contributed by atoms with Gasteiger partial charge >= 0.3 is 0 Å². The zero-order valence-electron chi connectivity index (χ0n) is 39.1. The highest BCUT2D eigenvalue weighted by Gasteiger charge is 2.41. The molecule has 0 aliphatic carbocycles. The molecule has 4 saturated heterocycles. The summed E-state index contributed by atoms with van der Waals surface area (Å²) in [7, 11) is -5.36. The number of Topliss-reactive ketones (excluding diaryl/α,β-unsaturated/α-hetero) is 2. The quantitative estimate of drug-likeness (QED) is 0.139. The molecular formula is C53H58Cl2N4O9S3. The molecule has 4 aliphatic heterocycles. The summed E-state index contributed by atoms with van der Waals surface area (Å²) in [5.74, 6) is 0.532. The minimum absolute atomic E-state index is 0. The van der Waals surface area contributed by atoms with Crippen LogP contribution in [0.5, 0.6) is 0 Å². The van der Waals surface area contributed by atoms with Crippen molar-refractivity contribution in [1.82, 2.24) is 19.2 Å². The van der Waals surface area contributed by atoms with Crippen LogP contribution in [-0.4, -0.2) is 104 Å². The summed E-state index contributed by atoms with van der Waals surface area (Å²) in [5.41, 5.74) is 5.81. The molecular weight excluding hydrogens is 1000 g/mol. The van der Waals surface area contributed by atoms with Crippen LogP contribution >= 0.6 is 23.1 Å². The minimum atomic E-state index is -3.63. The average molecular weight is 1060 g/mol. The van der Waals surface area contributed by atoms with E-state index in [4.69, 9.17) is 15.4 Å². The lowest BCUT2D eigenvalue weighted by atomic mass is 10.0. The van der Waals surface area contributed by atoms with Gasteiger partial charge in [-0.25, -0.2) is 25.3 Å². The minimum Gasteiger partial charge on any atom is -0.359 e. The number of nitrogens with one attached hydrogen (secondary N) is 2. The highest BCUT2D eigenvalue weighted by molar-refractivity contribution is 8.13. The van der Waals surface area contributed by atoms with E-state index in [1.165, 1.54) is 16.4 Å². The van der Waals surface area contributed by atoms with Crippen molar-refractivity contribution in [2.75, 3.05) is 52.4 Å². The number of sulfonamides is 2. The van der Waals surface area contributed by atoms with Crippen LogP contribution in [0.2, 0.25) is 0 Å². The number of hydrogen-bond acceptors (Lipinski definition) is 11. The summed E-state index contributed by atoms with van der Waals surface area (Å²) < 4.78 is 81.8. The Hall–Kier alpha value is -5.11. The molecule has 4 heterocycles. The fourth-order valence-electron chi connectivity index (χ4n) is 8.31. The Kier molecular flexibility index (Phi) is 19.8. The van der Waals surface area contributed by atoms with Crippen LogP contribution in [0.25, 0.3) is 33.4 Å². The van der Waals surface area contributed by atoms with Gasteiger partial charge in [-0.3, -0.25) is 14.9 Å². The average Bonchev–Trinajstić information content (AvgIpc) is 3.85. The van der Waals surface area contributed by atoms with E-state index in [1.54, 1.807) is 40.7 Å². The fourth-order valence-corrected chi connectivity index (χ4v) is 12.0. The van der Waals surface area contributed by atoms with Crippen molar-refractivity contribution in [3.05, 3.63) is 164 Å². The zero-order valence-corrected chi connectivity index (χ0v) is 43.1. The Balaban J connectivity index is 0.000000165. The van der Waals surface area contributed by atoms with Gasteiger partial charge in [0.15, 0.2) is 0 Å². The monoisotopic (exact) mass is 1060 g/mol. The Morgan fingerprint density at radius 2 is 0.775 bits per heavy atom. The second kappa shape index (κ2) is 25.5. The molecule has 0 unspecified atom stereocenters. The summed E-state index contributed by atoms with van der Waals surface area (Å²) in [6, 6.07) is 50.0. The Labute approximate surface area is 428 Å². The van der Waals surface area contributed by atoms with Crippen molar-refractivity contribution in [2.45, 2.75) is 58.9 Å². The van der Waals surface area contributed by atoms with E-state index in [-0.39, 0.29) is 46.8 Å². The van der Waals surface area contributed by atoms with Gasteiger partial charge < -0.3 is 10.1 Å².